The number of nitrogens with one attached hydrogen (secondary N) is 1. The second-order valence-corrected chi connectivity index (χ2v) is 7.59. The number of fused-ring (bicyclic) bond motifs is 3. The van der Waals surface area contributed by atoms with Gasteiger partial charge in [0.1, 0.15) is 17.9 Å². The fourth-order valence-electron chi connectivity index (χ4n) is 4.22. The van der Waals surface area contributed by atoms with E-state index >= 15 is 0 Å². The standard InChI is InChI=1S/C22H18FN5O2/c1-12-2-3-13(7-24-12)15-6-19-22(28-11-26-27-21(15)28)25-8-16-17(23)4-5-18-20(16)14(9-29-18)10-30-19/h2-7,11,14,25H,8-10H2,1H3/t14-/m1/s1. The molecule has 0 amide bonds. The fraction of sp³-hybridized carbons (Fsp3) is 0.227. The average molecular weight is 403 g/mol. The molecule has 0 unspecified atom stereocenters. The maximum absolute atomic E-state index is 14.7. The third-order valence-electron chi connectivity index (χ3n) is 5.74. The second-order valence-electron chi connectivity index (χ2n) is 7.59. The summed E-state index contributed by atoms with van der Waals surface area (Å²) in [6, 6.07) is 9.06. The molecule has 2 aliphatic heterocycles. The minimum Gasteiger partial charge on any atom is -0.493 e. The van der Waals surface area contributed by atoms with Gasteiger partial charge in [0, 0.05) is 40.7 Å². The smallest absolute Gasteiger partial charge is 0.170 e. The molecule has 2 aliphatic rings. The Bertz CT molecular complexity index is 1290. The lowest BCUT2D eigenvalue weighted by Gasteiger charge is -2.16. The Balaban J connectivity index is 1.51. The van der Waals surface area contributed by atoms with Crippen molar-refractivity contribution >= 4 is 11.5 Å². The third-order valence-corrected chi connectivity index (χ3v) is 5.74. The Kier molecular flexibility index (Phi) is 3.68. The van der Waals surface area contributed by atoms with Gasteiger partial charge in [-0.3, -0.25) is 9.38 Å². The lowest BCUT2D eigenvalue weighted by Crippen LogP contribution is -2.13. The van der Waals surface area contributed by atoms with E-state index in [9.17, 15) is 4.39 Å². The molecule has 1 N–H and O–H groups in total. The summed E-state index contributed by atoms with van der Waals surface area (Å²) in [5.74, 6) is 1.80. The maximum Gasteiger partial charge on any atom is 0.170 e. The van der Waals surface area contributed by atoms with Crippen LogP contribution in [0.5, 0.6) is 11.5 Å². The SMILES string of the molecule is Cc1ccc(-c2cc3c(n4cnnc24)NCc2c(F)ccc4c2[C@H](CO4)CO3)cn1. The van der Waals surface area contributed by atoms with E-state index in [0.29, 0.717) is 42.5 Å². The number of hydrogen-bond donors (Lipinski definition) is 1. The third kappa shape index (κ3) is 2.53. The van der Waals surface area contributed by atoms with Gasteiger partial charge < -0.3 is 14.8 Å². The van der Waals surface area contributed by atoms with Gasteiger partial charge in [-0.15, -0.1) is 10.2 Å². The zero-order chi connectivity index (χ0) is 20.2. The molecular formula is C22H18FN5O2. The Morgan fingerprint density at radius 1 is 1.13 bits per heavy atom. The first-order chi connectivity index (χ1) is 14.7. The van der Waals surface area contributed by atoms with E-state index in [0.717, 1.165) is 28.1 Å². The fourth-order valence-corrected chi connectivity index (χ4v) is 4.22. The first-order valence-electron chi connectivity index (χ1n) is 9.79. The number of rotatable bonds is 1. The summed E-state index contributed by atoms with van der Waals surface area (Å²) in [5, 5.41) is 11.7. The summed E-state index contributed by atoms with van der Waals surface area (Å²) < 4.78 is 28.5. The van der Waals surface area contributed by atoms with Crippen molar-refractivity contribution < 1.29 is 13.9 Å². The average Bonchev–Trinajstić information content (AvgIpc) is 3.40. The summed E-state index contributed by atoms with van der Waals surface area (Å²) in [5.41, 5.74) is 4.90. The summed E-state index contributed by atoms with van der Waals surface area (Å²) in [6.45, 7) is 3.12. The highest BCUT2D eigenvalue weighted by atomic mass is 19.1. The number of aromatic nitrogens is 4. The van der Waals surface area contributed by atoms with Crippen molar-refractivity contribution in [2.75, 3.05) is 18.5 Å². The Hall–Kier alpha value is -3.68. The van der Waals surface area contributed by atoms with Gasteiger partial charge in [0.15, 0.2) is 17.2 Å². The van der Waals surface area contributed by atoms with Crippen molar-refractivity contribution in [2.24, 2.45) is 0 Å². The summed E-state index contributed by atoms with van der Waals surface area (Å²) in [7, 11) is 0. The molecule has 3 aromatic heterocycles. The van der Waals surface area contributed by atoms with Crippen LogP contribution in [-0.2, 0) is 6.54 Å². The molecule has 0 bridgehead atoms. The normalized spacial score (nSPS) is 17.1. The van der Waals surface area contributed by atoms with E-state index < -0.39 is 0 Å². The van der Waals surface area contributed by atoms with E-state index in [-0.39, 0.29) is 11.7 Å². The van der Waals surface area contributed by atoms with Gasteiger partial charge in [0.2, 0.25) is 0 Å². The predicted molar refractivity (Wildman–Crippen MR) is 108 cm³/mol. The minimum absolute atomic E-state index is 0.0282. The predicted octanol–water partition coefficient (Wildman–Crippen LogP) is 3.72. The van der Waals surface area contributed by atoms with Gasteiger partial charge >= 0.3 is 0 Å². The number of hydrogen-bond acceptors (Lipinski definition) is 6. The molecule has 8 heteroatoms. The van der Waals surface area contributed by atoms with Gasteiger partial charge in [-0.25, -0.2) is 4.39 Å². The highest BCUT2D eigenvalue weighted by molar-refractivity contribution is 5.81. The molecule has 30 heavy (non-hydrogen) atoms. The zero-order valence-electron chi connectivity index (χ0n) is 16.2. The molecule has 1 aromatic carbocycles. The van der Waals surface area contributed by atoms with Gasteiger partial charge in [-0.1, -0.05) is 6.07 Å². The largest absolute Gasteiger partial charge is 0.493 e. The summed E-state index contributed by atoms with van der Waals surface area (Å²) in [6.07, 6.45) is 3.45. The monoisotopic (exact) mass is 403 g/mol. The van der Waals surface area contributed by atoms with Crippen LogP contribution >= 0.6 is 0 Å². The van der Waals surface area contributed by atoms with Crippen molar-refractivity contribution in [3.05, 3.63) is 65.5 Å². The molecule has 0 radical (unpaired) electrons. The van der Waals surface area contributed by atoms with E-state index in [1.807, 2.05) is 35.7 Å². The first-order valence-corrected chi connectivity index (χ1v) is 9.79. The van der Waals surface area contributed by atoms with Crippen molar-refractivity contribution in [3.8, 4) is 22.6 Å². The minimum atomic E-state index is -0.248. The van der Waals surface area contributed by atoms with E-state index in [1.165, 1.54) is 6.07 Å². The van der Waals surface area contributed by atoms with Crippen molar-refractivity contribution in [1.82, 2.24) is 19.6 Å². The Morgan fingerprint density at radius 3 is 2.83 bits per heavy atom. The lowest BCUT2D eigenvalue weighted by molar-refractivity contribution is 0.249. The highest BCUT2D eigenvalue weighted by Crippen LogP contribution is 2.41. The first kappa shape index (κ1) is 17.2. The summed E-state index contributed by atoms with van der Waals surface area (Å²) in [4.78, 5) is 4.40. The second kappa shape index (κ2) is 6.41. The van der Waals surface area contributed by atoms with Crippen LogP contribution in [0, 0.1) is 12.7 Å². The van der Waals surface area contributed by atoms with Crippen LogP contribution in [0.2, 0.25) is 0 Å². The van der Waals surface area contributed by atoms with Gasteiger partial charge in [-0.05, 0) is 31.2 Å². The number of pyridine rings is 2. The molecule has 7 nitrogen and oxygen atoms in total. The Morgan fingerprint density at radius 2 is 2.00 bits per heavy atom. The molecular weight excluding hydrogens is 385 g/mol. The number of halogens is 1. The number of nitrogens with zero attached hydrogens (tertiary/aromatic N) is 4. The molecule has 1 atom stereocenters. The number of aryl methyl sites for hydroxylation is 1. The quantitative estimate of drug-likeness (QED) is 0.522. The van der Waals surface area contributed by atoms with Gasteiger partial charge in [0.05, 0.1) is 19.1 Å². The molecule has 6 rings (SSSR count). The molecule has 0 aliphatic carbocycles. The van der Waals surface area contributed by atoms with Crippen LogP contribution < -0.4 is 14.8 Å². The number of anilines is 1. The molecule has 0 saturated carbocycles. The van der Waals surface area contributed by atoms with Crippen LogP contribution in [0.4, 0.5) is 10.2 Å². The van der Waals surface area contributed by atoms with Crippen molar-refractivity contribution in [1.29, 1.82) is 0 Å². The number of benzene rings is 1. The van der Waals surface area contributed by atoms with Crippen LogP contribution in [0.1, 0.15) is 22.7 Å². The van der Waals surface area contributed by atoms with Gasteiger partial charge in [-0.2, -0.15) is 0 Å². The Labute approximate surface area is 171 Å². The van der Waals surface area contributed by atoms with Crippen LogP contribution in [0.15, 0.2) is 42.9 Å². The van der Waals surface area contributed by atoms with Crippen molar-refractivity contribution in [3.63, 3.8) is 0 Å². The molecule has 4 aromatic rings. The zero-order valence-corrected chi connectivity index (χ0v) is 16.2. The van der Waals surface area contributed by atoms with E-state index in [2.05, 4.69) is 20.5 Å². The van der Waals surface area contributed by atoms with Crippen LogP contribution in [0.25, 0.3) is 16.8 Å². The topological polar surface area (TPSA) is 73.6 Å². The van der Waals surface area contributed by atoms with Crippen LogP contribution in [0.3, 0.4) is 0 Å². The van der Waals surface area contributed by atoms with Crippen LogP contribution in [-0.4, -0.2) is 32.8 Å². The molecule has 0 saturated heterocycles. The molecule has 150 valence electrons. The maximum atomic E-state index is 14.7. The number of ether oxygens (including phenoxy) is 2. The van der Waals surface area contributed by atoms with E-state index in [1.54, 1.807) is 12.4 Å². The lowest BCUT2D eigenvalue weighted by atomic mass is 9.96. The van der Waals surface area contributed by atoms with Crippen molar-refractivity contribution in [2.45, 2.75) is 19.4 Å². The molecule has 0 fully saturated rings. The summed E-state index contributed by atoms with van der Waals surface area (Å²) >= 11 is 0. The molecule has 0 spiro atoms. The molecule has 5 heterocycles. The van der Waals surface area contributed by atoms with E-state index in [4.69, 9.17) is 9.47 Å². The van der Waals surface area contributed by atoms with Gasteiger partial charge in [0.25, 0.3) is 0 Å². The highest BCUT2D eigenvalue weighted by Gasteiger charge is 2.31.